The zero-order valence-electron chi connectivity index (χ0n) is 7.90. The molecule has 5 heteroatoms. The number of nitrogens with one attached hydrogen (secondary N) is 1. The van der Waals surface area contributed by atoms with Crippen LogP contribution < -0.4 is 5.32 Å². The molecule has 0 amide bonds. The summed E-state index contributed by atoms with van der Waals surface area (Å²) in [6.45, 7) is 0.871. The van der Waals surface area contributed by atoms with Gasteiger partial charge < -0.3 is 5.32 Å². The van der Waals surface area contributed by atoms with E-state index in [-0.39, 0.29) is 0 Å². The third-order valence-electron chi connectivity index (χ3n) is 2.13. The van der Waals surface area contributed by atoms with Gasteiger partial charge in [-0.3, -0.25) is 0 Å². The molecule has 0 atom stereocenters. The van der Waals surface area contributed by atoms with Crippen LogP contribution in [-0.2, 0) is 6.42 Å². The Balaban J connectivity index is 2.21. The van der Waals surface area contributed by atoms with Crippen LogP contribution >= 0.6 is 11.8 Å². The summed E-state index contributed by atoms with van der Waals surface area (Å²) in [6.07, 6.45) is -4.97. The van der Waals surface area contributed by atoms with Crippen LogP contribution in [-0.4, -0.2) is 18.5 Å². The summed E-state index contributed by atoms with van der Waals surface area (Å²) in [5, 5.41) is 3.15. The molecule has 0 saturated heterocycles. The second-order valence-electron chi connectivity index (χ2n) is 3.40. The molecule has 1 aromatic carbocycles. The number of benzene rings is 1. The zero-order chi connectivity index (χ0) is 10.9. The first-order chi connectivity index (χ1) is 7.04. The summed E-state index contributed by atoms with van der Waals surface area (Å²) in [4.78, 5) is 0.919. The number of alkyl halides is 3. The van der Waals surface area contributed by atoms with Crippen LogP contribution in [0.25, 0.3) is 0 Å². The lowest BCUT2D eigenvalue weighted by Gasteiger charge is -2.18. The van der Waals surface area contributed by atoms with Gasteiger partial charge in [0.25, 0.3) is 0 Å². The summed E-state index contributed by atoms with van der Waals surface area (Å²) < 4.78 is 36.5. The number of anilines is 1. The van der Waals surface area contributed by atoms with Crippen molar-refractivity contribution in [2.24, 2.45) is 0 Å². The van der Waals surface area contributed by atoms with Crippen LogP contribution in [0.15, 0.2) is 23.1 Å². The number of fused-ring (bicyclic) bond motifs is 1. The van der Waals surface area contributed by atoms with Gasteiger partial charge in [-0.2, -0.15) is 13.2 Å². The highest BCUT2D eigenvalue weighted by Gasteiger charge is 2.27. The van der Waals surface area contributed by atoms with Gasteiger partial charge in [-0.15, -0.1) is 11.8 Å². The Morgan fingerprint density at radius 3 is 2.87 bits per heavy atom. The van der Waals surface area contributed by atoms with Crippen molar-refractivity contribution in [2.45, 2.75) is 17.5 Å². The number of halogens is 3. The van der Waals surface area contributed by atoms with E-state index in [4.69, 9.17) is 0 Å². The van der Waals surface area contributed by atoms with Gasteiger partial charge in [0.2, 0.25) is 0 Å². The Labute approximate surface area is 90.1 Å². The number of thioether (sulfide) groups is 1. The molecule has 82 valence electrons. The fourth-order valence-electron chi connectivity index (χ4n) is 1.52. The van der Waals surface area contributed by atoms with Gasteiger partial charge in [0.1, 0.15) is 0 Å². The van der Waals surface area contributed by atoms with Crippen molar-refractivity contribution in [3.8, 4) is 0 Å². The summed E-state index contributed by atoms with van der Waals surface area (Å²) in [7, 11) is 0. The summed E-state index contributed by atoms with van der Waals surface area (Å²) >= 11 is 1.60. The lowest BCUT2D eigenvalue weighted by molar-refractivity contribution is -0.127. The number of hydrogen-bond acceptors (Lipinski definition) is 2. The third kappa shape index (κ3) is 2.81. The van der Waals surface area contributed by atoms with Crippen LogP contribution in [0.3, 0.4) is 0 Å². The molecule has 0 bridgehead atoms. The van der Waals surface area contributed by atoms with Crippen LogP contribution in [0.2, 0.25) is 0 Å². The molecule has 0 radical (unpaired) electrons. The monoisotopic (exact) mass is 233 g/mol. The second kappa shape index (κ2) is 3.96. The van der Waals surface area contributed by atoms with Gasteiger partial charge >= 0.3 is 6.18 Å². The van der Waals surface area contributed by atoms with Crippen molar-refractivity contribution in [3.05, 3.63) is 23.8 Å². The van der Waals surface area contributed by atoms with Crippen molar-refractivity contribution in [1.29, 1.82) is 0 Å². The van der Waals surface area contributed by atoms with E-state index < -0.39 is 12.6 Å². The minimum atomic E-state index is -4.12. The molecule has 1 aromatic rings. The third-order valence-corrected chi connectivity index (χ3v) is 3.18. The Kier molecular flexibility index (Phi) is 2.82. The molecule has 0 saturated carbocycles. The molecular formula is C10H10F3NS. The normalized spacial score (nSPS) is 15.7. The first kappa shape index (κ1) is 10.7. The van der Waals surface area contributed by atoms with Crippen molar-refractivity contribution in [3.63, 3.8) is 0 Å². The van der Waals surface area contributed by atoms with Crippen molar-refractivity contribution in [1.82, 2.24) is 0 Å². The largest absolute Gasteiger partial charge is 0.393 e. The van der Waals surface area contributed by atoms with E-state index in [2.05, 4.69) is 5.32 Å². The molecule has 0 aliphatic carbocycles. The van der Waals surface area contributed by atoms with Gasteiger partial charge in [0.15, 0.2) is 0 Å². The van der Waals surface area contributed by atoms with Gasteiger partial charge in [-0.1, -0.05) is 6.07 Å². The average molecular weight is 233 g/mol. The Morgan fingerprint density at radius 1 is 1.33 bits per heavy atom. The highest BCUT2D eigenvalue weighted by molar-refractivity contribution is 7.99. The maximum absolute atomic E-state index is 12.2. The number of hydrogen-bond donors (Lipinski definition) is 1. The smallest absolute Gasteiger partial charge is 0.383 e. The molecule has 2 rings (SSSR count). The maximum Gasteiger partial charge on any atom is 0.393 e. The van der Waals surface area contributed by atoms with Crippen LogP contribution in [0.1, 0.15) is 5.56 Å². The van der Waals surface area contributed by atoms with E-state index in [0.29, 0.717) is 5.56 Å². The SMILES string of the molecule is FC(F)(F)Cc1ccc2c(c1)SCCN2. The predicted octanol–water partition coefficient (Wildman–Crippen LogP) is 3.31. The zero-order valence-corrected chi connectivity index (χ0v) is 8.71. The molecule has 0 unspecified atom stereocenters. The van der Waals surface area contributed by atoms with Crippen LogP contribution in [0.5, 0.6) is 0 Å². The van der Waals surface area contributed by atoms with E-state index in [1.165, 1.54) is 6.07 Å². The lowest BCUT2D eigenvalue weighted by Crippen LogP contribution is -2.13. The average Bonchev–Trinajstić information content (AvgIpc) is 2.15. The van der Waals surface area contributed by atoms with Crippen molar-refractivity contribution in [2.75, 3.05) is 17.6 Å². The minimum absolute atomic E-state index is 0.331. The molecular weight excluding hydrogens is 223 g/mol. The quantitative estimate of drug-likeness (QED) is 0.798. The first-order valence-corrected chi connectivity index (χ1v) is 5.59. The fourth-order valence-corrected chi connectivity index (χ4v) is 2.47. The van der Waals surface area contributed by atoms with E-state index in [1.54, 1.807) is 23.9 Å². The fraction of sp³-hybridized carbons (Fsp3) is 0.400. The Morgan fingerprint density at radius 2 is 2.13 bits per heavy atom. The summed E-state index contributed by atoms with van der Waals surface area (Å²) in [5.74, 6) is 0.905. The summed E-state index contributed by atoms with van der Waals surface area (Å²) in [5.41, 5.74) is 1.27. The lowest BCUT2D eigenvalue weighted by atomic mass is 10.1. The second-order valence-corrected chi connectivity index (χ2v) is 4.53. The molecule has 1 heterocycles. The topological polar surface area (TPSA) is 12.0 Å². The maximum atomic E-state index is 12.2. The van der Waals surface area contributed by atoms with E-state index in [1.807, 2.05) is 0 Å². The molecule has 1 aliphatic rings. The molecule has 0 fully saturated rings. The Bertz CT molecular complexity index is 362. The van der Waals surface area contributed by atoms with E-state index >= 15 is 0 Å². The highest BCUT2D eigenvalue weighted by Crippen LogP contribution is 2.33. The Hall–Kier alpha value is -0.840. The molecule has 1 aliphatic heterocycles. The van der Waals surface area contributed by atoms with Crippen molar-refractivity contribution >= 4 is 17.4 Å². The summed E-state index contributed by atoms with van der Waals surface area (Å²) in [6, 6.07) is 4.88. The molecule has 0 aromatic heterocycles. The van der Waals surface area contributed by atoms with Gasteiger partial charge in [-0.05, 0) is 17.7 Å². The highest BCUT2D eigenvalue weighted by atomic mass is 32.2. The molecule has 15 heavy (non-hydrogen) atoms. The number of rotatable bonds is 1. The standard InChI is InChI=1S/C10H10F3NS/c11-10(12,13)6-7-1-2-8-9(5-7)15-4-3-14-8/h1-2,5,14H,3-4,6H2. The van der Waals surface area contributed by atoms with Gasteiger partial charge in [0, 0.05) is 22.9 Å². The molecule has 0 spiro atoms. The van der Waals surface area contributed by atoms with Gasteiger partial charge in [-0.25, -0.2) is 0 Å². The molecule has 1 N–H and O–H groups in total. The van der Waals surface area contributed by atoms with Crippen LogP contribution in [0.4, 0.5) is 18.9 Å². The van der Waals surface area contributed by atoms with Crippen molar-refractivity contribution < 1.29 is 13.2 Å². The minimum Gasteiger partial charge on any atom is -0.383 e. The van der Waals surface area contributed by atoms with Crippen LogP contribution in [0, 0.1) is 0 Å². The van der Waals surface area contributed by atoms with E-state index in [0.717, 1.165) is 22.9 Å². The van der Waals surface area contributed by atoms with Gasteiger partial charge in [0.05, 0.1) is 6.42 Å². The van der Waals surface area contributed by atoms with E-state index in [9.17, 15) is 13.2 Å². The first-order valence-electron chi connectivity index (χ1n) is 4.61. The molecule has 1 nitrogen and oxygen atoms in total. The predicted molar refractivity (Wildman–Crippen MR) is 55.4 cm³/mol.